The van der Waals surface area contributed by atoms with Crippen molar-refractivity contribution in [1.29, 1.82) is 0 Å². The Morgan fingerprint density at radius 2 is 1.93 bits per heavy atom. The molecule has 0 aliphatic heterocycles. The quantitative estimate of drug-likeness (QED) is 0.400. The second-order valence-electron chi connectivity index (χ2n) is 3.40. The van der Waals surface area contributed by atoms with E-state index >= 15 is 0 Å². The number of hydrogen-bond donors (Lipinski definition) is 1. The maximum absolute atomic E-state index is 11.6. The summed E-state index contributed by atoms with van der Waals surface area (Å²) in [6.07, 6.45) is 5.05. The smallest absolute Gasteiger partial charge is 0.330 e. The Morgan fingerprint density at radius 3 is 2.40 bits per heavy atom. The molecule has 0 bridgehead atoms. The molecule has 0 radical (unpaired) electrons. The molecule has 0 atom stereocenters. The van der Waals surface area contributed by atoms with E-state index in [-0.39, 0.29) is 6.61 Å². The number of aliphatic hydroxyl groups excluding tert-OH is 1. The molecule has 15 heavy (non-hydrogen) atoms. The lowest BCUT2D eigenvalue weighted by molar-refractivity contribution is 0.275. The van der Waals surface area contributed by atoms with Gasteiger partial charge in [0.2, 0.25) is 0 Å². The van der Waals surface area contributed by atoms with Gasteiger partial charge in [0, 0.05) is 14.2 Å². The Hall–Kier alpha value is -0.150. The molecule has 0 aliphatic carbocycles. The van der Waals surface area contributed by atoms with Gasteiger partial charge in [-0.2, -0.15) is 0 Å². The van der Waals surface area contributed by atoms with Crippen LogP contribution in [-0.4, -0.2) is 32.1 Å². The van der Waals surface area contributed by atoms with Gasteiger partial charge in [0.25, 0.3) is 0 Å². The maximum Gasteiger partial charge on any atom is 0.330 e. The Balaban J connectivity index is 3.67. The predicted octanol–water partition coefficient (Wildman–Crippen LogP) is 2.58. The third-order valence-electron chi connectivity index (χ3n) is 2.18. The van der Waals surface area contributed by atoms with Crippen molar-refractivity contribution in [2.75, 3.05) is 27.0 Å². The van der Waals surface area contributed by atoms with E-state index in [0.717, 1.165) is 24.8 Å². The molecule has 0 rings (SSSR count). The maximum atomic E-state index is 11.6. The van der Waals surface area contributed by atoms with Crippen molar-refractivity contribution in [3.05, 3.63) is 11.6 Å². The molecular formula is C10H21O4P. The first-order valence-electron chi connectivity index (χ1n) is 5.05. The van der Waals surface area contributed by atoms with Crippen LogP contribution in [0.1, 0.15) is 26.2 Å². The fourth-order valence-corrected chi connectivity index (χ4v) is 2.25. The summed E-state index contributed by atoms with van der Waals surface area (Å²) in [6, 6.07) is 0. The zero-order valence-corrected chi connectivity index (χ0v) is 10.6. The van der Waals surface area contributed by atoms with E-state index in [9.17, 15) is 4.57 Å². The topological polar surface area (TPSA) is 55.8 Å². The van der Waals surface area contributed by atoms with Crippen LogP contribution in [0.3, 0.4) is 0 Å². The van der Waals surface area contributed by atoms with Crippen LogP contribution in [0.15, 0.2) is 11.6 Å². The van der Waals surface area contributed by atoms with Crippen LogP contribution < -0.4 is 0 Å². The molecule has 5 heteroatoms. The van der Waals surface area contributed by atoms with Crippen molar-refractivity contribution < 1.29 is 18.7 Å². The number of hydrogen-bond acceptors (Lipinski definition) is 4. The van der Waals surface area contributed by atoms with Crippen LogP contribution in [0, 0.1) is 0 Å². The van der Waals surface area contributed by atoms with Crippen LogP contribution >= 0.6 is 7.60 Å². The number of rotatable bonds is 8. The molecule has 0 heterocycles. The number of allylic oxidation sites excluding steroid dienone is 1. The first-order valence-corrected chi connectivity index (χ1v) is 6.78. The summed E-state index contributed by atoms with van der Waals surface area (Å²) in [5.74, 6) is 0. The second-order valence-corrected chi connectivity index (χ2v) is 5.80. The fourth-order valence-electron chi connectivity index (χ4n) is 1.12. The van der Waals surface area contributed by atoms with Gasteiger partial charge < -0.3 is 14.2 Å². The van der Waals surface area contributed by atoms with Gasteiger partial charge in [-0.25, -0.2) is 0 Å². The van der Waals surface area contributed by atoms with Gasteiger partial charge in [-0.1, -0.05) is 11.6 Å². The summed E-state index contributed by atoms with van der Waals surface area (Å²) < 4.78 is 21.2. The van der Waals surface area contributed by atoms with Crippen molar-refractivity contribution in [1.82, 2.24) is 0 Å². The largest absolute Gasteiger partial charge is 0.392 e. The predicted molar refractivity (Wildman–Crippen MR) is 61.2 cm³/mol. The second kappa shape index (κ2) is 8.05. The molecule has 0 unspecified atom stereocenters. The molecule has 0 aliphatic rings. The molecule has 0 spiro atoms. The molecule has 0 aromatic carbocycles. The van der Waals surface area contributed by atoms with Gasteiger partial charge in [0.15, 0.2) is 0 Å². The summed E-state index contributed by atoms with van der Waals surface area (Å²) in [6.45, 7) is 1.99. The molecule has 1 N–H and O–H groups in total. The van der Waals surface area contributed by atoms with Gasteiger partial charge in [-0.05, 0) is 26.2 Å². The van der Waals surface area contributed by atoms with Gasteiger partial charge in [0.05, 0.1) is 12.8 Å². The standard InChI is InChI=1S/C10H21O4P/c1-10(9-11)7-5-4-6-8-15(12,13-2)14-3/h7,11H,4-6,8-9H2,1-3H3/b10-7+. The highest BCUT2D eigenvalue weighted by Gasteiger charge is 2.19. The molecule has 4 nitrogen and oxygen atoms in total. The Labute approximate surface area is 91.8 Å². The van der Waals surface area contributed by atoms with Crippen molar-refractivity contribution in [2.24, 2.45) is 0 Å². The highest BCUT2D eigenvalue weighted by atomic mass is 31.2. The van der Waals surface area contributed by atoms with E-state index in [1.165, 1.54) is 14.2 Å². The molecule has 90 valence electrons. The lowest BCUT2D eigenvalue weighted by atomic mass is 10.2. The molecule has 0 aromatic rings. The van der Waals surface area contributed by atoms with Crippen LogP contribution in [0.2, 0.25) is 0 Å². The zero-order valence-electron chi connectivity index (χ0n) is 9.73. The van der Waals surface area contributed by atoms with E-state index in [1.807, 2.05) is 13.0 Å². The van der Waals surface area contributed by atoms with Crippen molar-refractivity contribution in [3.63, 3.8) is 0 Å². The SMILES string of the molecule is COP(=O)(CCCC/C=C(\C)CO)OC. The van der Waals surface area contributed by atoms with E-state index in [0.29, 0.717) is 6.16 Å². The van der Waals surface area contributed by atoms with Crippen LogP contribution in [0.25, 0.3) is 0 Å². The fraction of sp³-hybridized carbons (Fsp3) is 0.800. The van der Waals surface area contributed by atoms with Crippen molar-refractivity contribution in [3.8, 4) is 0 Å². The van der Waals surface area contributed by atoms with E-state index in [2.05, 4.69) is 0 Å². The van der Waals surface area contributed by atoms with Crippen molar-refractivity contribution in [2.45, 2.75) is 26.2 Å². The summed E-state index contributed by atoms with van der Waals surface area (Å²) in [5, 5.41) is 8.74. The Morgan fingerprint density at radius 1 is 1.33 bits per heavy atom. The average molecular weight is 236 g/mol. The lowest BCUT2D eigenvalue weighted by Gasteiger charge is -2.12. The van der Waals surface area contributed by atoms with E-state index < -0.39 is 7.60 Å². The molecule has 0 saturated heterocycles. The normalized spacial score (nSPS) is 13.2. The minimum absolute atomic E-state index is 0.106. The Kier molecular flexibility index (Phi) is 7.97. The summed E-state index contributed by atoms with van der Waals surface area (Å²) in [4.78, 5) is 0. The van der Waals surface area contributed by atoms with Crippen molar-refractivity contribution >= 4 is 7.60 Å². The van der Waals surface area contributed by atoms with Crippen LogP contribution in [0.5, 0.6) is 0 Å². The third-order valence-corrected chi connectivity index (χ3v) is 4.16. The number of unbranched alkanes of at least 4 members (excludes halogenated alkanes) is 2. The summed E-state index contributed by atoms with van der Waals surface area (Å²) in [5.41, 5.74) is 0.969. The van der Waals surface area contributed by atoms with Crippen LogP contribution in [-0.2, 0) is 13.6 Å². The van der Waals surface area contributed by atoms with Crippen LogP contribution in [0.4, 0.5) is 0 Å². The van der Waals surface area contributed by atoms with Gasteiger partial charge in [-0.15, -0.1) is 0 Å². The van der Waals surface area contributed by atoms with E-state index in [1.54, 1.807) is 0 Å². The first-order chi connectivity index (χ1) is 7.08. The molecular weight excluding hydrogens is 215 g/mol. The number of aliphatic hydroxyl groups is 1. The first kappa shape index (κ1) is 14.8. The highest BCUT2D eigenvalue weighted by molar-refractivity contribution is 7.53. The third kappa shape index (κ3) is 6.85. The van der Waals surface area contributed by atoms with Gasteiger partial charge >= 0.3 is 7.60 Å². The Bertz CT molecular complexity index is 230. The summed E-state index contributed by atoms with van der Waals surface area (Å²) in [7, 11) is -0.0163. The highest BCUT2D eigenvalue weighted by Crippen LogP contribution is 2.46. The lowest BCUT2D eigenvalue weighted by Crippen LogP contribution is -1.94. The zero-order chi connectivity index (χ0) is 11.7. The molecule has 0 saturated carbocycles. The van der Waals surface area contributed by atoms with E-state index in [4.69, 9.17) is 14.2 Å². The monoisotopic (exact) mass is 236 g/mol. The summed E-state index contributed by atoms with van der Waals surface area (Å²) >= 11 is 0. The van der Waals surface area contributed by atoms with Gasteiger partial charge in [-0.3, -0.25) is 4.57 Å². The molecule has 0 amide bonds. The molecule has 0 aromatic heterocycles. The minimum Gasteiger partial charge on any atom is -0.392 e. The van der Waals surface area contributed by atoms with Gasteiger partial charge in [0.1, 0.15) is 0 Å². The molecule has 0 fully saturated rings. The average Bonchev–Trinajstić information content (AvgIpc) is 2.27. The minimum atomic E-state index is -2.82.